The SMILES string of the molecule is Cc1cc(OCC(=O)Oc2cccc(N3C(=O)c4ccccc4C3=O)c2)ccc1Cl. The number of fused-ring (bicyclic) bond motifs is 1. The topological polar surface area (TPSA) is 72.9 Å². The number of nitrogens with zero attached hydrogens (tertiary/aromatic N) is 1. The molecule has 3 aromatic rings. The number of carbonyl (C=O) groups is 3. The molecular weight excluding hydrogens is 406 g/mol. The van der Waals surface area contributed by atoms with Gasteiger partial charge >= 0.3 is 5.97 Å². The number of esters is 1. The molecule has 0 N–H and O–H groups in total. The van der Waals surface area contributed by atoms with Gasteiger partial charge in [-0.05, 0) is 55.0 Å². The molecule has 0 aliphatic carbocycles. The monoisotopic (exact) mass is 421 g/mol. The lowest BCUT2D eigenvalue weighted by molar-refractivity contribution is -0.136. The van der Waals surface area contributed by atoms with E-state index in [1.165, 1.54) is 6.07 Å². The van der Waals surface area contributed by atoms with Crippen LogP contribution in [0, 0.1) is 6.92 Å². The number of carbonyl (C=O) groups excluding carboxylic acids is 3. The van der Waals surface area contributed by atoms with Crippen molar-refractivity contribution in [2.24, 2.45) is 0 Å². The molecule has 0 saturated carbocycles. The maximum absolute atomic E-state index is 12.6. The molecule has 0 saturated heterocycles. The molecule has 0 fully saturated rings. The largest absolute Gasteiger partial charge is 0.482 e. The van der Waals surface area contributed by atoms with E-state index in [1.54, 1.807) is 60.7 Å². The molecule has 1 aliphatic heterocycles. The Kier molecular flexibility index (Phi) is 5.25. The highest BCUT2D eigenvalue weighted by Gasteiger charge is 2.36. The van der Waals surface area contributed by atoms with E-state index < -0.39 is 17.8 Å². The number of benzene rings is 3. The molecule has 0 aromatic heterocycles. The Hall–Kier alpha value is -3.64. The van der Waals surface area contributed by atoms with Crippen molar-refractivity contribution in [3.8, 4) is 11.5 Å². The molecule has 3 aromatic carbocycles. The number of hydrogen-bond acceptors (Lipinski definition) is 5. The lowest BCUT2D eigenvalue weighted by Gasteiger charge is -2.15. The molecule has 0 atom stereocenters. The zero-order valence-corrected chi connectivity index (χ0v) is 16.7. The molecule has 0 spiro atoms. The van der Waals surface area contributed by atoms with E-state index in [0.29, 0.717) is 27.6 Å². The summed E-state index contributed by atoms with van der Waals surface area (Å²) in [6.45, 7) is 1.52. The molecule has 7 heteroatoms. The van der Waals surface area contributed by atoms with Crippen LogP contribution in [0.4, 0.5) is 5.69 Å². The first-order valence-corrected chi connectivity index (χ1v) is 9.49. The Morgan fingerprint density at radius 2 is 1.60 bits per heavy atom. The van der Waals surface area contributed by atoms with Crippen LogP contribution in [0.15, 0.2) is 66.7 Å². The zero-order valence-electron chi connectivity index (χ0n) is 15.9. The van der Waals surface area contributed by atoms with Crippen LogP contribution < -0.4 is 14.4 Å². The van der Waals surface area contributed by atoms with Crippen molar-refractivity contribution in [3.63, 3.8) is 0 Å². The molecule has 30 heavy (non-hydrogen) atoms. The molecule has 1 heterocycles. The molecule has 2 amide bonds. The molecule has 0 unspecified atom stereocenters. The van der Waals surface area contributed by atoms with E-state index in [4.69, 9.17) is 21.1 Å². The predicted molar refractivity (Wildman–Crippen MR) is 111 cm³/mol. The fourth-order valence-electron chi connectivity index (χ4n) is 3.12. The van der Waals surface area contributed by atoms with Gasteiger partial charge in [0.2, 0.25) is 0 Å². The number of anilines is 1. The van der Waals surface area contributed by atoms with Gasteiger partial charge in [0.25, 0.3) is 11.8 Å². The highest BCUT2D eigenvalue weighted by molar-refractivity contribution is 6.34. The van der Waals surface area contributed by atoms with Gasteiger partial charge in [0.05, 0.1) is 16.8 Å². The summed E-state index contributed by atoms with van der Waals surface area (Å²) in [5, 5.41) is 0.606. The average molecular weight is 422 g/mol. The van der Waals surface area contributed by atoms with E-state index in [-0.39, 0.29) is 12.4 Å². The number of halogens is 1. The Bertz CT molecular complexity index is 1140. The third-order valence-corrected chi connectivity index (χ3v) is 5.01. The summed E-state index contributed by atoms with van der Waals surface area (Å²) in [6, 6.07) is 17.9. The summed E-state index contributed by atoms with van der Waals surface area (Å²) < 4.78 is 10.7. The van der Waals surface area contributed by atoms with Crippen molar-refractivity contribution < 1.29 is 23.9 Å². The van der Waals surface area contributed by atoms with Gasteiger partial charge in [-0.15, -0.1) is 0 Å². The average Bonchev–Trinajstić information content (AvgIpc) is 3.00. The first-order valence-electron chi connectivity index (χ1n) is 9.11. The minimum absolute atomic E-state index is 0.199. The van der Waals surface area contributed by atoms with Gasteiger partial charge in [-0.3, -0.25) is 9.59 Å². The fourth-order valence-corrected chi connectivity index (χ4v) is 3.24. The van der Waals surface area contributed by atoms with Crippen LogP contribution in [-0.4, -0.2) is 24.4 Å². The summed E-state index contributed by atoms with van der Waals surface area (Å²) in [7, 11) is 0. The van der Waals surface area contributed by atoms with Crippen molar-refractivity contribution in [3.05, 3.63) is 88.4 Å². The fraction of sp³-hybridized carbons (Fsp3) is 0.0870. The van der Waals surface area contributed by atoms with Crippen LogP contribution >= 0.6 is 11.6 Å². The number of rotatable bonds is 5. The molecule has 1 aliphatic rings. The normalized spacial score (nSPS) is 12.7. The second-order valence-electron chi connectivity index (χ2n) is 6.66. The first kappa shape index (κ1) is 19.7. The Morgan fingerprint density at radius 3 is 2.27 bits per heavy atom. The number of aryl methyl sites for hydroxylation is 1. The minimum Gasteiger partial charge on any atom is -0.482 e. The first-order chi connectivity index (χ1) is 14.4. The van der Waals surface area contributed by atoms with Crippen molar-refractivity contribution in [2.45, 2.75) is 6.92 Å². The van der Waals surface area contributed by atoms with Gasteiger partial charge in [0.15, 0.2) is 6.61 Å². The third kappa shape index (κ3) is 3.77. The molecular formula is C23H16ClNO5. The van der Waals surface area contributed by atoms with Crippen molar-refractivity contribution in [2.75, 3.05) is 11.5 Å². The molecule has 4 rings (SSSR count). The maximum Gasteiger partial charge on any atom is 0.349 e. The van der Waals surface area contributed by atoms with E-state index in [0.717, 1.165) is 10.5 Å². The predicted octanol–water partition coefficient (Wildman–Crippen LogP) is 4.43. The van der Waals surface area contributed by atoms with Gasteiger partial charge in [-0.1, -0.05) is 29.8 Å². The Labute approximate surface area is 177 Å². The number of imide groups is 1. The summed E-state index contributed by atoms with van der Waals surface area (Å²) in [6.07, 6.45) is 0. The highest BCUT2D eigenvalue weighted by Crippen LogP contribution is 2.30. The number of ether oxygens (including phenoxy) is 2. The molecule has 150 valence electrons. The smallest absolute Gasteiger partial charge is 0.349 e. The zero-order chi connectivity index (χ0) is 21.3. The highest BCUT2D eigenvalue weighted by atomic mass is 35.5. The van der Waals surface area contributed by atoms with Crippen molar-refractivity contribution in [1.82, 2.24) is 0 Å². The molecule has 0 radical (unpaired) electrons. The molecule has 0 bridgehead atoms. The second-order valence-corrected chi connectivity index (χ2v) is 7.07. The van der Waals surface area contributed by atoms with Gasteiger partial charge < -0.3 is 9.47 Å². The van der Waals surface area contributed by atoms with E-state index >= 15 is 0 Å². The summed E-state index contributed by atoms with van der Waals surface area (Å²) in [5.41, 5.74) is 1.84. The van der Waals surface area contributed by atoms with E-state index in [2.05, 4.69) is 0 Å². The standard InChI is InChI=1S/C23H16ClNO5/c1-14-11-16(9-10-20(14)24)29-13-21(26)30-17-6-4-5-15(12-17)25-22(27)18-7-2-3-8-19(18)23(25)28/h2-12H,13H2,1H3. The maximum atomic E-state index is 12.6. The summed E-state index contributed by atoms with van der Waals surface area (Å²) in [4.78, 5) is 38.5. The lowest BCUT2D eigenvalue weighted by atomic mass is 10.1. The van der Waals surface area contributed by atoms with Crippen LogP contribution in [0.5, 0.6) is 11.5 Å². The van der Waals surface area contributed by atoms with E-state index in [9.17, 15) is 14.4 Å². The Balaban J connectivity index is 1.45. The van der Waals surface area contributed by atoms with Gasteiger partial charge in [-0.2, -0.15) is 0 Å². The minimum atomic E-state index is -0.623. The lowest BCUT2D eigenvalue weighted by Crippen LogP contribution is -2.29. The van der Waals surface area contributed by atoms with Crippen LogP contribution in [0.1, 0.15) is 26.3 Å². The van der Waals surface area contributed by atoms with Gasteiger partial charge in [-0.25, -0.2) is 9.69 Å². The van der Waals surface area contributed by atoms with E-state index in [1.807, 2.05) is 6.92 Å². The number of hydrogen-bond donors (Lipinski definition) is 0. The summed E-state index contributed by atoms with van der Waals surface area (Å²) in [5.74, 6) is -0.762. The second kappa shape index (κ2) is 8.00. The molecule has 6 nitrogen and oxygen atoms in total. The van der Waals surface area contributed by atoms with Crippen LogP contribution in [-0.2, 0) is 4.79 Å². The van der Waals surface area contributed by atoms with Crippen LogP contribution in [0.3, 0.4) is 0 Å². The van der Waals surface area contributed by atoms with Crippen LogP contribution in [0.25, 0.3) is 0 Å². The Morgan fingerprint density at radius 1 is 0.900 bits per heavy atom. The van der Waals surface area contributed by atoms with Crippen LogP contribution in [0.2, 0.25) is 5.02 Å². The quantitative estimate of drug-likeness (QED) is 0.346. The van der Waals surface area contributed by atoms with Crippen molar-refractivity contribution in [1.29, 1.82) is 0 Å². The van der Waals surface area contributed by atoms with Gasteiger partial charge in [0, 0.05) is 11.1 Å². The summed E-state index contributed by atoms with van der Waals surface area (Å²) >= 11 is 5.97. The van der Waals surface area contributed by atoms with Crippen molar-refractivity contribution >= 4 is 35.1 Å². The van der Waals surface area contributed by atoms with Gasteiger partial charge in [0.1, 0.15) is 11.5 Å². The third-order valence-electron chi connectivity index (χ3n) is 4.59. The number of amides is 2.